The molecule has 4 atom stereocenters. The van der Waals surface area contributed by atoms with Gasteiger partial charge in [0.25, 0.3) is 0 Å². The maximum atomic E-state index is 2.76. The van der Waals surface area contributed by atoms with Gasteiger partial charge >= 0.3 is 0 Å². The number of hydrogen-bond donors (Lipinski definition) is 0. The lowest BCUT2D eigenvalue weighted by atomic mass is 11.9. The van der Waals surface area contributed by atoms with E-state index in [4.69, 9.17) is 0 Å². The highest BCUT2D eigenvalue weighted by molar-refractivity contribution is 8.45. The van der Waals surface area contributed by atoms with Crippen LogP contribution in [0.4, 0.5) is 0 Å². The Labute approximate surface area is 49.3 Å². The van der Waals surface area contributed by atoms with Crippen molar-refractivity contribution >= 4 is 43.6 Å². The van der Waals surface area contributed by atoms with Gasteiger partial charge < -0.3 is 0 Å². The van der Waals surface area contributed by atoms with Gasteiger partial charge in [0, 0.05) is 5.14 Å². The standard InChI is InChI=1S/CH9P5/c2-1(3)6(4)5/h1H,2-5H2. The third kappa shape index (κ3) is 4.31. The highest BCUT2D eigenvalue weighted by Crippen LogP contribution is 2.61. The maximum absolute atomic E-state index is 2.76. The topological polar surface area (TPSA) is 0 Å². The molecule has 0 aliphatic heterocycles. The molecular formula is CH9P5. The molecule has 0 bridgehead atoms. The molecule has 0 spiro atoms. The summed E-state index contributed by atoms with van der Waals surface area (Å²) in [5.41, 5.74) is 0. The van der Waals surface area contributed by atoms with E-state index in [2.05, 4.69) is 36.3 Å². The zero-order valence-electron chi connectivity index (χ0n) is 3.33. The van der Waals surface area contributed by atoms with Crippen LogP contribution < -0.4 is 0 Å². The molecule has 0 aromatic rings. The Hall–Kier alpha value is 2.15. The molecule has 0 N–H and O–H groups in total. The number of hydrogen-bond acceptors (Lipinski definition) is 0. The fourth-order valence-corrected chi connectivity index (χ4v) is 0. The van der Waals surface area contributed by atoms with Gasteiger partial charge in [0.1, 0.15) is 0 Å². The minimum absolute atomic E-state index is 0.0998. The second-order valence-corrected chi connectivity index (χ2v) is 11.1. The van der Waals surface area contributed by atoms with Crippen LogP contribution in [0.1, 0.15) is 0 Å². The van der Waals surface area contributed by atoms with E-state index >= 15 is 0 Å². The van der Waals surface area contributed by atoms with E-state index in [-0.39, 0.29) is 7.30 Å². The molecular weight excluding hydrogens is 167 g/mol. The Balaban J connectivity index is 2.99. The van der Waals surface area contributed by atoms with Gasteiger partial charge in [-0.2, -0.15) is 0 Å². The van der Waals surface area contributed by atoms with Crippen molar-refractivity contribution in [2.24, 2.45) is 0 Å². The Morgan fingerprint density at radius 1 is 1.17 bits per heavy atom. The van der Waals surface area contributed by atoms with E-state index in [0.29, 0.717) is 5.14 Å². The van der Waals surface area contributed by atoms with Crippen molar-refractivity contribution in [2.45, 2.75) is 5.14 Å². The van der Waals surface area contributed by atoms with Gasteiger partial charge in [0.2, 0.25) is 0 Å². The largest absolute Gasteiger partial charge is 0.125 e. The average molecular weight is 176 g/mol. The van der Waals surface area contributed by atoms with Gasteiger partial charge in [-0.25, -0.2) is 0 Å². The number of rotatable bonds is 1. The second kappa shape index (κ2) is 4.07. The molecule has 6 heavy (non-hydrogen) atoms. The van der Waals surface area contributed by atoms with Crippen molar-refractivity contribution in [3.05, 3.63) is 0 Å². The minimum atomic E-state index is 0.0998. The molecule has 0 aliphatic carbocycles. The molecule has 4 unspecified atom stereocenters. The van der Waals surface area contributed by atoms with Crippen LogP contribution in [0.2, 0.25) is 0 Å². The molecule has 0 aliphatic rings. The minimum Gasteiger partial charge on any atom is -0.125 e. The zero-order valence-corrected chi connectivity index (χ0v) is 8.85. The van der Waals surface area contributed by atoms with Crippen molar-refractivity contribution in [1.29, 1.82) is 0 Å². The summed E-state index contributed by atoms with van der Waals surface area (Å²) in [6.45, 7) is 0. The van der Waals surface area contributed by atoms with Gasteiger partial charge in [-0.1, -0.05) is 7.30 Å². The van der Waals surface area contributed by atoms with Gasteiger partial charge in [-0.05, 0) is 0 Å². The molecule has 0 saturated carbocycles. The Morgan fingerprint density at radius 2 is 1.33 bits per heavy atom. The van der Waals surface area contributed by atoms with Gasteiger partial charge in [-0.3, -0.25) is 0 Å². The second-order valence-electron chi connectivity index (χ2n) is 0.938. The first kappa shape index (κ1) is 8.15. The maximum Gasteiger partial charge on any atom is 0.0148 e. The highest BCUT2D eigenvalue weighted by atomic mass is 32.4. The molecule has 0 aromatic heterocycles. The van der Waals surface area contributed by atoms with Crippen LogP contribution in [-0.2, 0) is 0 Å². The Kier molecular flexibility index (Phi) is 5.53. The van der Waals surface area contributed by atoms with Crippen LogP contribution in [0.5, 0.6) is 0 Å². The lowest BCUT2D eigenvalue weighted by molar-refractivity contribution is 2.09. The Bertz CT molecular complexity index is 24.9. The predicted molar refractivity (Wildman–Crippen MR) is 49.5 cm³/mol. The van der Waals surface area contributed by atoms with Crippen molar-refractivity contribution in [1.82, 2.24) is 0 Å². The summed E-state index contributed by atoms with van der Waals surface area (Å²) in [4.78, 5) is 0. The van der Waals surface area contributed by atoms with Gasteiger partial charge in [-0.15, -0.1) is 36.3 Å². The van der Waals surface area contributed by atoms with Crippen molar-refractivity contribution in [2.75, 3.05) is 0 Å². The normalized spacial score (nSPS) is 11.0. The first-order chi connectivity index (χ1) is 2.64. The lowest BCUT2D eigenvalue weighted by Crippen LogP contribution is -1.61. The summed E-state index contributed by atoms with van der Waals surface area (Å²) in [6.07, 6.45) is 0. The summed E-state index contributed by atoms with van der Waals surface area (Å²) in [5.74, 6) is 0. The van der Waals surface area contributed by atoms with E-state index in [1.165, 1.54) is 0 Å². The monoisotopic (exact) mass is 176 g/mol. The quantitative estimate of drug-likeness (QED) is 0.536. The molecule has 0 aromatic carbocycles. The summed E-state index contributed by atoms with van der Waals surface area (Å²) in [5, 5.41) is 0.676. The smallest absolute Gasteiger partial charge is 0.0148 e. The first-order valence-corrected chi connectivity index (χ1v) is 7.42. The molecule has 0 nitrogen and oxygen atoms in total. The van der Waals surface area contributed by atoms with Crippen molar-refractivity contribution in [3.63, 3.8) is 0 Å². The van der Waals surface area contributed by atoms with Crippen molar-refractivity contribution in [3.8, 4) is 0 Å². The third-order valence-electron chi connectivity index (χ3n) is 0.344. The highest BCUT2D eigenvalue weighted by Gasteiger charge is 1.95. The molecule has 38 valence electrons. The lowest BCUT2D eigenvalue weighted by Gasteiger charge is -2.05. The van der Waals surface area contributed by atoms with Crippen LogP contribution in [0.15, 0.2) is 0 Å². The molecule has 0 rings (SSSR count). The van der Waals surface area contributed by atoms with Crippen LogP contribution in [0, 0.1) is 0 Å². The van der Waals surface area contributed by atoms with E-state index < -0.39 is 0 Å². The van der Waals surface area contributed by atoms with E-state index in [0.717, 1.165) is 0 Å². The van der Waals surface area contributed by atoms with Crippen LogP contribution in [0.25, 0.3) is 0 Å². The molecule has 0 fully saturated rings. The average Bonchev–Trinajstić information content (AvgIpc) is 1.36. The summed E-state index contributed by atoms with van der Waals surface area (Å²) >= 11 is 0. The SMILES string of the molecule is PC(P)P(P)P. The van der Waals surface area contributed by atoms with Crippen LogP contribution in [0.3, 0.4) is 0 Å². The summed E-state index contributed by atoms with van der Waals surface area (Å²) < 4.78 is 0. The molecule has 5 heteroatoms. The van der Waals surface area contributed by atoms with Crippen molar-refractivity contribution < 1.29 is 0 Å². The predicted octanol–water partition coefficient (Wildman–Crippen LogP) is 2.08. The fourth-order valence-electron chi connectivity index (χ4n) is 0. The molecule has 0 radical (unpaired) electrons. The van der Waals surface area contributed by atoms with E-state index in [9.17, 15) is 0 Å². The molecule has 0 amide bonds. The first-order valence-electron chi connectivity index (χ1n) is 1.44. The van der Waals surface area contributed by atoms with Gasteiger partial charge in [0.15, 0.2) is 0 Å². The van der Waals surface area contributed by atoms with E-state index in [1.54, 1.807) is 0 Å². The van der Waals surface area contributed by atoms with Crippen LogP contribution in [-0.4, -0.2) is 5.14 Å². The van der Waals surface area contributed by atoms with E-state index in [1.807, 2.05) is 0 Å². The van der Waals surface area contributed by atoms with Gasteiger partial charge in [0.05, 0.1) is 0 Å². The van der Waals surface area contributed by atoms with Crippen LogP contribution >= 0.6 is 43.6 Å². The summed E-state index contributed by atoms with van der Waals surface area (Å²) in [6, 6.07) is 0. The summed E-state index contributed by atoms with van der Waals surface area (Å²) in [7, 11) is 11.1. The fraction of sp³-hybridized carbons (Fsp3) is 1.00. The molecule has 0 saturated heterocycles. The Morgan fingerprint density at radius 3 is 1.33 bits per heavy atom. The molecule has 0 heterocycles. The zero-order chi connectivity index (χ0) is 5.15. The third-order valence-corrected chi connectivity index (χ3v) is 9.30.